The van der Waals surface area contributed by atoms with Crippen LogP contribution in [0, 0.1) is 0 Å². The van der Waals surface area contributed by atoms with Crippen molar-refractivity contribution in [2.45, 2.75) is 0 Å². The van der Waals surface area contributed by atoms with E-state index in [0.29, 0.717) is 0 Å². The van der Waals surface area contributed by atoms with Gasteiger partial charge >= 0.3 is 0 Å². The molecule has 0 atom stereocenters. The van der Waals surface area contributed by atoms with Crippen LogP contribution in [0.2, 0.25) is 0 Å². The molecular weight excluding hydrogens is 208 g/mol. The van der Waals surface area contributed by atoms with Crippen LogP contribution < -0.4 is 0 Å². The first kappa shape index (κ1) is 8.76. The minimum absolute atomic E-state index is 1.03. The van der Waals surface area contributed by atoms with Gasteiger partial charge in [0.1, 0.15) is 0 Å². The summed E-state index contributed by atoms with van der Waals surface area (Å²) in [6.07, 6.45) is 0. The SMILES string of the molecule is c1ccc2[nH]c3c4ccccc4nc-3cc2c1. The molecule has 2 aliphatic heterocycles. The number of aromatic nitrogens is 2. The van der Waals surface area contributed by atoms with Crippen LogP contribution in [0.3, 0.4) is 0 Å². The molecule has 0 spiro atoms. The second-order valence-electron chi connectivity index (χ2n) is 4.25. The van der Waals surface area contributed by atoms with Crippen LogP contribution in [0.4, 0.5) is 0 Å². The Labute approximate surface area is 98.3 Å². The van der Waals surface area contributed by atoms with Gasteiger partial charge < -0.3 is 4.98 Å². The van der Waals surface area contributed by atoms with E-state index in [0.717, 1.165) is 22.4 Å². The van der Waals surface area contributed by atoms with E-state index in [-0.39, 0.29) is 0 Å². The van der Waals surface area contributed by atoms with Crippen molar-refractivity contribution in [3.8, 4) is 11.4 Å². The van der Waals surface area contributed by atoms with Crippen molar-refractivity contribution in [2.75, 3.05) is 0 Å². The largest absolute Gasteiger partial charge is 0.353 e. The van der Waals surface area contributed by atoms with E-state index >= 15 is 0 Å². The van der Waals surface area contributed by atoms with Gasteiger partial charge in [0.15, 0.2) is 0 Å². The molecule has 2 aromatic carbocycles. The maximum Gasteiger partial charge on any atom is 0.0885 e. The van der Waals surface area contributed by atoms with Gasteiger partial charge in [-0.15, -0.1) is 0 Å². The van der Waals surface area contributed by atoms with Crippen molar-refractivity contribution in [3.63, 3.8) is 0 Å². The van der Waals surface area contributed by atoms with Crippen molar-refractivity contribution < 1.29 is 0 Å². The van der Waals surface area contributed by atoms with E-state index in [1.807, 2.05) is 30.3 Å². The number of rotatable bonds is 0. The van der Waals surface area contributed by atoms with E-state index in [9.17, 15) is 0 Å². The van der Waals surface area contributed by atoms with Crippen LogP contribution in [0.25, 0.3) is 33.2 Å². The first-order chi connectivity index (χ1) is 8.42. The Morgan fingerprint density at radius 2 is 1.71 bits per heavy atom. The van der Waals surface area contributed by atoms with Crippen LogP contribution in [-0.4, -0.2) is 9.97 Å². The van der Waals surface area contributed by atoms with E-state index in [2.05, 4.69) is 34.2 Å². The van der Waals surface area contributed by atoms with Crippen molar-refractivity contribution in [1.29, 1.82) is 0 Å². The number of pyridine rings is 1. The molecule has 80 valence electrons. The first-order valence-corrected chi connectivity index (χ1v) is 5.68. The number of nitrogens with one attached hydrogen (secondary N) is 1. The summed E-state index contributed by atoms with van der Waals surface area (Å²) in [5.74, 6) is 0. The normalized spacial score (nSPS) is 11.5. The summed E-state index contributed by atoms with van der Waals surface area (Å²) in [5, 5.41) is 2.39. The minimum atomic E-state index is 1.03. The standard InChI is InChI=1S/C15H10N2/c1-3-7-12-10(5-1)9-14-15(17-12)11-6-2-4-8-13(11)16-14/h1-9,17H. The van der Waals surface area contributed by atoms with E-state index in [1.165, 1.54) is 10.8 Å². The molecule has 2 nitrogen and oxygen atoms in total. The van der Waals surface area contributed by atoms with Crippen molar-refractivity contribution in [3.05, 3.63) is 54.6 Å². The van der Waals surface area contributed by atoms with Gasteiger partial charge in [-0.05, 0) is 18.2 Å². The van der Waals surface area contributed by atoms with Gasteiger partial charge in [0.2, 0.25) is 0 Å². The molecule has 2 aromatic rings. The average Bonchev–Trinajstić information content (AvgIpc) is 2.73. The molecule has 0 unspecified atom stereocenters. The van der Waals surface area contributed by atoms with Crippen LogP contribution in [0.1, 0.15) is 0 Å². The molecular formula is C15H10N2. The molecule has 17 heavy (non-hydrogen) atoms. The van der Waals surface area contributed by atoms with Gasteiger partial charge in [0.05, 0.1) is 16.9 Å². The van der Waals surface area contributed by atoms with Gasteiger partial charge in [0.25, 0.3) is 0 Å². The molecule has 2 aliphatic rings. The summed E-state index contributed by atoms with van der Waals surface area (Å²) in [6, 6.07) is 18.7. The Balaban J connectivity index is 2.25. The summed E-state index contributed by atoms with van der Waals surface area (Å²) in [4.78, 5) is 8.10. The topological polar surface area (TPSA) is 28.7 Å². The molecule has 0 saturated heterocycles. The molecule has 1 N–H and O–H groups in total. The van der Waals surface area contributed by atoms with Crippen molar-refractivity contribution in [1.82, 2.24) is 9.97 Å². The molecule has 2 heteroatoms. The Kier molecular flexibility index (Phi) is 1.59. The van der Waals surface area contributed by atoms with Crippen LogP contribution in [-0.2, 0) is 0 Å². The van der Waals surface area contributed by atoms with E-state index in [4.69, 9.17) is 0 Å². The number of hydrogen-bond acceptors (Lipinski definition) is 1. The number of para-hydroxylation sites is 2. The summed E-state index contributed by atoms with van der Waals surface area (Å²) in [6.45, 7) is 0. The molecule has 0 amide bonds. The van der Waals surface area contributed by atoms with Crippen molar-refractivity contribution >= 4 is 21.8 Å². The zero-order valence-corrected chi connectivity index (χ0v) is 9.14. The molecule has 0 aliphatic carbocycles. The molecule has 4 rings (SSSR count). The quantitative estimate of drug-likeness (QED) is 0.477. The lowest BCUT2D eigenvalue weighted by atomic mass is 10.1. The van der Waals surface area contributed by atoms with Crippen molar-refractivity contribution in [2.24, 2.45) is 0 Å². The second kappa shape index (κ2) is 3.08. The van der Waals surface area contributed by atoms with Gasteiger partial charge in [-0.1, -0.05) is 36.4 Å². The molecule has 0 radical (unpaired) electrons. The maximum atomic E-state index is 4.63. The lowest BCUT2D eigenvalue weighted by molar-refractivity contribution is 1.37. The lowest BCUT2D eigenvalue weighted by Gasteiger charge is -2.03. The monoisotopic (exact) mass is 218 g/mol. The summed E-state index contributed by atoms with van der Waals surface area (Å²) < 4.78 is 0. The average molecular weight is 218 g/mol. The highest BCUT2D eigenvalue weighted by molar-refractivity contribution is 5.99. The molecule has 0 bridgehead atoms. The van der Waals surface area contributed by atoms with Crippen LogP contribution in [0.5, 0.6) is 0 Å². The zero-order chi connectivity index (χ0) is 11.2. The molecule has 0 aromatic heterocycles. The number of nitrogens with zero attached hydrogens (tertiary/aromatic N) is 1. The molecule has 2 heterocycles. The van der Waals surface area contributed by atoms with Crippen LogP contribution >= 0.6 is 0 Å². The summed E-state index contributed by atoms with van der Waals surface area (Å²) >= 11 is 0. The highest BCUT2D eigenvalue weighted by Crippen LogP contribution is 2.31. The van der Waals surface area contributed by atoms with Gasteiger partial charge in [0, 0.05) is 16.3 Å². The number of fused-ring (bicyclic) bond motifs is 4. The summed E-state index contributed by atoms with van der Waals surface area (Å²) in [7, 11) is 0. The van der Waals surface area contributed by atoms with E-state index < -0.39 is 0 Å². The first-order valence-electron chi connectivity index (χ1n) is 5.68. The third-order valence-electron chi connectivity index (χ3n) is 3.18. The second-order valence-corrected chi connectivity index (χ2v) is 4.25. The predicted octanol–water partition coefficient (Wildman–Crippen LogP) is 3.82. The van der Waals surface area contributed by atoms with Gasteiger partial charge in [-0.3, -0.25) is 0 Å². The Bertz CT molecular complexity index is 792. The molecule has 0 saturated carbocycles. The van der Waals surface area contributed by atoms with Gasteiger partial charge in [-0.2, -0.15) is 0 Å². The maximum absolute atomic E-state index is 4.63. The predicted molar refractivity (Wildman–Crippen MR) is 70.2 cm³/mol. The Morgan fingerprint density at radius 3 is 2.71 bits per heavy atom. The number of benzene rings is 2. The third-order valence-corrected chi connectivity index (χ3v) is 3.18. The number of H-pyrrole nitrogens is 1. The fourth-order valence-electron chi connectivity index (χ4n) is 2.36. The highest BCUT2D eigenvalue weighted by atomic mass is 14.8. The minimum Gasteiger partial charge on any atom is -0.353 e. The summed E-state index contributed by atoms with van der Waals surface area (Å²) in [5.41, 5.74) is 4.36. The highest BCUT2D eigenvalue weighted by Gasteiger charge is 2.12. The fraction of sp³-hybridized carbons (Fsp3) is 0. The Hall–Kier alpha value is -2.35. The van der Waals surface area contributed by atoms with Crippen LogP contribution in [0.15, 0.2) is 54.6 Å². The zero-order valence-electron chi connectivity index (χ0n) is 9.14. The fourth-order valence-corrected chi connectivity index (χ4v) is 2.36. The molecule has 0 fully saturated rings. The number of aromatic amines is 1. The van der Waals surface area contributed by atoms with Gasteiger partial charge in [-0.25, -0.2) is 4.98 Å². The van der Waals surface area contributed by atoms with E-state index in [1.54, 1.807) is 0 Å². The Morgan fingerprint density at radius 1 is 0.882 bits per heavy atom. The lowest BCUT2D eigenvalue weighted by Crippen LogP contribution is -1.84. The number of hydrogen-bond donors (Lipinski definition) is 1. The third kappa shape index (κ3) is 1.18. The smallest absolute Gasteiger partial charge is 0.0885 e.